The number of rotatable bonds is 4. The summed E-state index contributed by atoms with van der Waals surface area (Å²) >= 11 is 0. The van der Waals surface area contributed by atoms with E-state index in [1.54, 1.807) is 0 Å². The maximum atomic E-state index is 12.8. The number of nitrogens with zero attached hydrogens (tertiary/aromatic N) is 2. The van der Waals surface area contributed by atoms with Crippen molar-refractivity contribution in [2.24, 2.45) is 0 Å². The number of benzene rings is 1. The van der Waals surface area contributed by atoms with E-state index >= 15 is 0 Å². The summed E-state index contributed by atoms with van der Waals surface area (Å²) in [4.78, 5) is 3.75. The van der Waals surface area contributed by atoms with Crippen LogP contribution >= 0.6 is 0 Å². The Kier molecular flexibility index (Phi) is 3.68. The standard InChI is InChI=1S/C12H13FN2O3S/c1-19(17,18)12-14-6-7-15(12)8-11(16)9-2-4-10(13)5-3-9/h2-7,11,16H,8H2,1H3. The molecule has 0 saturated carbocycles. The van der Waals surface area contributed by atoms with Crippen LogP contribution in [0.25, 0.3) is 0 Å². The number of aromatic nitrogens is 2. The Hall–Kier alpha value is -1.73. The van der Waals surface area contributed by atoms with Gasteiger partial charge in [-0.2, -0.15) is 0 Å². The minimum atomic E-state index is -3.44. The summed E-state index contributed by atoms with van der Waals surface area (Å²) in [5.41, 5.74) is 0.509. The third kappa shape index (κ3) is 3.18. The summed E-state index contributed by atoms with van der Waals surface area (Å²) < 4.78 is 37.0. The van der Waals surface area contributed by atoms with Crippen molar-refractivity contribution in [2.75, 3.05) is 6.26 Å². The normalized spacial score (nSPS) is 13.4. The van der Waals surface area contributed by atoms with Crippen molar-refractivity contribution in [3.8, 4) is 0 Å². The van der Waals surface area contributed by atoms with Crippen molar-refractivity contribution in [3.63, 3.8) is 0 Å². The average molecular weight is 284 g/mol. The molecule has 1 unspecified atom stereocenters. The molecule has 0 bridgehead atoms. The second-order valence-corrected chi connectivity index (χ2v) is 6.11. The van der Waals surface area contributed by atoms with Gasteiger partial charge in [-0.05, 0) is 17.7 Å². The number of aliphatic hydroxyl groups is 1. The van der Waals surface area contributed by atoms with Gasteiger partial charge in [0.25, 0.3) is 0 Å². The predicted octanol–water partition coefficient (Wildman–Crippen LogP) is 1.16. The van der Waals surface area contributed by atoms with Crippen LogP contribution in [0, 0.1) is 5.82 Å². The van der Waals surface area contributed by atoms with E-state index in [0.29, 0.717) is 5.56 Å². The number of sulfone groups is 1. The monoisotopic (exact) mass is 284 g/mol. The fourth-order valence-electron chi connectivity index (χ4n) is 1.74. The molecule has 0 amide bonds. The highest BCUT2D eigenvalue weighted by Gasteiger charge is 2.17. The van der Waals surface area contributed by atoms with Gasteiger partial charge in [0.1, 0.15) is 5.82 Å². The number of halogens is 1. The van der Waals surface area contributed by atoms with Crippen LogP contribution in [-0.2, 0) is 16.4 Å². The van der Waals surface area contributed by atoms with E-state index in [4.69, 9.17) is 0 Å². The third-order valence-corrected chi connectivity index (χ3v) is 3.64. The van der Waals surface area contributed by atoms with Crippen LogP contribution in [0.5, 0.6) is 0 Å². The van der Waals surface area contributed by atoms with Crippen LogP contribution in [0.2, 0.25) is 0 Å². The summed E-state index contributed by atoms with van der Waals surface area (Å²) in [7, 11) is -3.44. The van der Waals surface area contributed by atoms with E-state index < -0.39 is 21.8 Å². The molecule has 1 aromatic carbocycles. The first-order chi connectivity index (χ1) is 8.88. The smallest absolute Gasteiger partial charge is 0.227 e. The molecule has 0 fully saturated rings. The summed E-state index contributed by atoms with van der Waals surface area (Å²) in [5.74, 6) is -0.393. The topological polar surface area (TPSA) is 72.2 Å². The molecular formula is C12H13FN2O3S. The predicted molar refractivity (Wildman–Crippen MR) is 66.7 cm³/mol. The number of hydrogen-bond donors (Lipinski definition) is 1. The van der Waals surface area contributed by atoms with Crippen molar-refractivity contribution < 1.29 is 17.9 Å². The van der Waals surface area contributed by atoms with Gasteiger partial charge in [0.2, 0.25) is 15.0 Å². The Morgan fingerprint density at radius 1 is 1.37 bits per heavy atom. The van der Waals surface area contributed by atoms with Gasteiger partial charge in [-0.15, -0.1) is 0 Å². The fourth-order valence-corrected chi connectivity index (χ4v) is 2.55. The van der Waals surface area contributed by atoms with Crippen molar-refractivity contribution in [1.29, 1.82) is 0 Å². The van der Waals surface area contributed by atoms with Crippen LogP contribution in [0.4, 0.5) is 4.39 Å². The fraction of sp³-hybridized carbons (Fsp3) is 0.250. The minimum absolute atomic E-state index is 0.0357. The van der Waals surface area contributed by atoms with E-state index in [9.17, 15) is 17.9 Å². The maximum absolute atomic E-state index is 12.8. The van der Waals surface area contributed by atoms with Crippen LogP contribution in [0.3, 0.4) is 0 Å². The van der Waals surface area contributed by atoms with Gasteiger partial charge < -0.3 is 9.67 Å². The van der Waals surface area contributed by atoms with Crippen LogP contribution in [0.1, 0.15) is 11.7 Å². The minimum Gasteiger partial charge on any atom is -0.387 e. The van der Waals surface area contributed by atoms with Crippen LogP contribution in [-0.4, -0.2) is 29.3 Å². The highest BCUT2D eigenvalue weighted by molar-refractivity contribution is 7.90. The van der Waals surface area contributed by atoms with Gasteiger partial charge in [-0.1, -0.05) is 12.1 Å². The van der Waals surface area contributed by atoms with Gasteiger partial charge in [0.05, 0.1) is 12.6 Å². The van der Waals surface area contributed by atoms with E-state index in [1.165, 1.54) is 41.2 Å². The SMILES string of the molecule is CS(=O)(=O)c1nccn1CC(O)c1ccc(F)cc1. The third-order valence-electron chi connectivity index (χ3n) is 2.63. The lowest BCUT2D eigenvalue weighted by Crippen LogP contribution is -2.14. The molecular weight excluding hydrogens is 271 g/mol. The molecule has 102 valence electrons. The second kappa shape index (κ2) is 5.10. The maximum Gasteiger partial charge on any atom is 0.227 e. The molecule has 0 aliphatic heterocycles. The lowest BCUT2D eigenvalue weighted by Gasteiger charge is -2.13. The first-order valence-corrected chi connectivity index (χ1v) is 7.42. The molecule has 0 aliphatic rings. The zero-order valence-corrected chi connectivity index (χ0v) is 11.0. The van der Waals surface area contributed by atoms with Gasteiger partial charge in [-0.25, -0.2) is 17.8 Å². The zero-order chi connectivity index (χ0) is 14.0. The average Bonchev–Trinajstić information content (AvgIpc) is 2.77. The largest absolute Gasteiger partial charge is 0.387 e. The molecule has 19 heavy (non-hydrogen) atoms. The molecule has 0 radical (unpaired) electrons. The molecule has 0 aliphatic carbocycles. The number of hydrogen-bond acceptors (Lipinski definition) is 4. The van der Waals surface area contributed by atoms with Crippen molar-refractivity contribution in [1.82, 2.24) is 9.55 Å². The first-order valence-electron chi connectivity index (χ1n) is 5.52. The quantitative estimate of drug-likeness (QED) is 0.914. The van der Waals surface area contributed by atoms with E-state index in [-0.39, 0.29) is 11.7 Å². The van der Waals surface area contributed by atoms with E-state index in [2.05, 4.69) is 4.98 Å². The molecule has 1 atom stereocenters. The summed E-state index contributed by atoms with van der Waals surface area (Å²) in [6.45, 7) is 0.0357. The molecule has 2 rings (SSSR count). The Balaban J connectivity index is 2.22. The van der Waals surface area contributed by atoms with Gasteiger partial charge in [0, 0.05) is 18.6 Å². The lowest BCUT2D eigenvalue weighted by molar-refractivity contribution is 0.153. The van der Waals surface area contributed by atoms with Crippen LogP contribution < -0.4 is 0 Å². The summed E-state index contributed by atoms with van der Waals surface area (Å²) in [6, 6.07) is 5.39. The van der Waals surface area contributed by atoms with Crippen molar-refractivity contribution >= 4 is 9.84 Å². The highest BCUT2D eigenvalue weighted by Crippen LogP contribution is 2.17. The molecule has 0 saturated heterocycles. The molecule has 1 heterocycles. The van der Waals surface area contributed by atoms with E-state index in [0.717, 1.165) is 6.26 Å². The molecule has 2 aromatic rings. The Bertz CT molecular complexity index is 665. The summed E-state index contributed by atoms with van der Waals surface area (Å²) in [5, 5.41) is 9.90. The zero-order valence-electron chi connectivity index (χ0n) is 10.2. The Morgan fingerprint density at radius 3 is 2.58 bits per heavy atom. The number of aliphatic hydroxyl groups excluding tert-OH is 1. The molecule has 5 nitrogen and oxygen atoms in total. The van der Waals surface area contributed by atoms with Crippen molar-refractivity contribution in [3.05, 3.63) is 48.0 Å². The van der Waals surface area contributed by atoms with Crippen LogP contribution in [0.15, 0.2) is 41.8 Å². The Labute approximate surface area is 110 Å². The number of imidazole rings is 1. The first kappa shape index (κ1) is 13.7. The van der Waals surface area contributed by atoms with E-state index in [1.807, 2.05) is 0 Å². The molecule has 0 spiro atoms. The molecule has 7 heteroatoms. The molecule has 1 aromatic heterocycles. The molecule has 1 N–H and O–H groups in total. The lowest BCUT2D eigenvalue weighted by atomic mass is 10.1. The van der Waals surface area contributed by atoms with Gasteiger partial charge in [-0.3, -0.25) is 0 Å². The van der Waals surface area contributed by atoms with Gasteiger partial charge >= 0.3 is 0 Å². The Morgan fingerprint density at radius 2 is 2.00 bits per heavy atom. The van der Waals surface area contributed by atoms with Gasteiger partial charge in [0.15, 0.2) is 0 Å². The summed E-state index contributed by atoms with van der Waals surface area (Å²) in [6.07, 6.45) is 2.95. The second-order valence-electron chi connectivity index (χ2n) is 4.20. The van der Waals surface area contributed by atoms with Crippen molar-refractivity contribution in [2.45, 2.75) is 17.8 Å². The highest BCUT2D eigenvalue weighted by atomic mass is 32.2.